The Bertz CT molecular complexity index is 1260. The number of fused-ring (bicyclic) bond motifs is 1. The zero-order valence-corrected chi connectivity index (χ0v) is 26.4. The Morgan fingerprint density at radius 1 is 0.932 bits per heavy atom. The van der Waals surface area contributed by atoms with Crippen LogP contribution >= 0.6 is 26.8 Å². The maximum absolute atomic E-state index is 11.9. The molecule has 1 aliphatic heterocycles. The van der Waals surface area contributed by atoms with E-state index >= 15 is 0 Å². The van der Waals surface area contributed by atoms with Gasteiger partial charge in [0.1, 0.15) is 18.3 Å². The van der Waals surface area contributed by atoms with Crippen molar-refractivity contribution in [3.63, 3.8) is 0 Å². The van der Waals surface area contributed by atoms with Gasteiger partial charge in [-0.2, -0.15) is 9.97 Å². The van der Waals surface area contributed by atoms with Crippen molar-refractivity contribution in [2.24, 2.45) is 0 Å². The Morgan fingerprint density at radius 2 is 1.52 bits per heavy atom. The molecule has 0 saturated carbocycles. The maximum Gasteiger partial charge on any atom is 0.340 e. The van der Waals surface area contributed by atoms with Crippen molar-refractivity contribution >= 4 is 43.8 Å². The monoisotopic (exact) mass is 693 g/mol. The Kier molecular flexibility index (Phi) is 15.2. The van der Waals surface area contributed by atoms with Crippen molar-refractivity contribution < 1.29 is 67.0 Å². The van der Waals surface area contributed by atoms with Gasteiger partial charge in [0.25, 0.3) is 0 Å². The number of halogens is 1. The lowest BCUT2D eigenvalue weighted by Crippen LogP contribution is -2.33. The topological polar surface area (TPSA) is 256 Å². The molecule has 22 heteroatoms. The van der Waals surface area contributed by atoms with Crippen LogP contribution in [0.2, 0.25) is 5.28 Å². The number of rotatable bonds is 22. The normalized spacial score (nSPS) is 22.1. The summed E-state index contributed by atoms with van der Waals surface area (Å²) in [5.41, 5.74) is 0.422. The molecule has 5 atom stereocenters. The summed E-state index contributed by atoms with van der Waals surface area (Å²) < 4.78 is 61.2. The third-order valence-electron chi connectivity index (χ3n) is 5.90. The average molecular weight is 694 g/mol. The molecule has 0 aliphatic carbocycles. The Balaban J connectivity index is 1.43. The molecular formula is C22H38ClN5O14P2. The Morgan fingerprint density at radius 3 is 2.11 bits per heavy atom. The molecule has 0 amide bonds. The van der Waals surface area contributed by atoms with Crippen molar-refractivity contribution in [1.29, 1.82) is 0 Å². The van der Waals surface area contributed by atoms with Gasteiger partial charge in [-0.3, -0.25) is 13.7 Å². The Labute approximate surface area is 257 Å². The van der Waals surface area contributed by atoms with E-state index in [1.807, 2.05) is 0 Å². The lowest BCUT2D eigenvalue weighted by atomic mass is 10.1. The molecule has 1 fully saturated rings. The minimum absolute atomic E-state index is 0.147. The second kappa shape index (κ2) is 18.1. The molecule has 2 aromatic rings. The Hall–Kier alpha value is -1.38. The van der Waals surface area contributed by atoms with Gasteiger partial charge in [-0.05, 0) is 11.6 Å². The molecule has 0 radical (unpaired) electrons. The smallest absolute Gasteiger partial charge is 0.340 e. The first-order valence-corrected chi connectivity index (χ1v) is 17.3. The summed E-state index contributed by atoms with van der Waals surface area (Å²) >= 11 is 6.11. The van der Waals surface area contributed by atoms with Crippen molar-refractivity contribution in [3.05, 3.63) is 11.6 Å². The quantitative estimate of drug-likeness (QED) is 0.0519. The maximum atomic E-state index is 11.9. The first-order valence-electron chi connectivity index (χ1n) is 13.4. The highest BCUT2D eigenvalue weighted by Crippen LogP contribution is 2.55. The lowest BCUT2D eigenvalue weighted by Gasteiger charge is -2.18. The van der Waals surface area contributed by atoms with Crippen LogP contribution in [0.25, 0.3) is 11.2 Å². The highest BCUT2D eigenvalue weighted by Gasteiger charge is 2.45. The highest BCUT2D eigenvalue weighted by molar-refractivity contribution is 7.70. The van der Waals surface area contributed by atoms with Gasteiger partial charge in [-0.15, -0.1) is 0 Å². The van der Waals surface area contributed by atoms with E-state index in [1.165, 1.54) is 10.9 Å². The number of anilines is 1. The second-order valence-electron chi connectivity index (χ2n) is 9.32. The molecule has 2 aromatic heterocycles. The number of nitrogens with zero attached hydrogens (tertiary/aromatic N) is 4. The molecule has 0 bridgehead atoms. The number of methoxy groups -OCH3 is 1. The number of hydrogen-bond donors (Lipinski definition) is 6. The number of nitrogens with one attached hydrogen (secondary N) is 1. The predicted molar refractivity (Wildman–Crippen MR) is 153 cm³/mol. The van der Waals surface area contributed by atoms with Gasteiger partial charge in [0.2, 0.25) is 5.28 Å². The molecule has 252 valence electrons. The van der Waals surface area contributed by atoms with E-state index in [2.05, 4.69) is 20.3 Å². The third-order valence-corrected chi connectivity index (χ3v) is 9.52. The minimum Gasteiger partial charge on any atom is -0.387 e. The van der Waals surface area contributed by atoms with E-state index in [1.54, 1.807) is 7.11 Å². The van der Waals surface area contributed by atoms with Gasteiger partial charge in [0, 0.05) is 13.7 Å². The van der Waals surface area contributed by atoms with Gasteiger partial charge >= 0.3 is 15.2 Å². The third kappa shape index (κ3) is 12.1. The van der Waals surface area contributed by atoms with Crippen molar-refractivity contribution in [1.82, 2.24) is 19.5 Å². The SMILES string of the molecule is COCCOCCOCCOCCOCCNc1nc(Cl)nc2c1ncn2[C@@H]1O[C@H](COP(=O)(O)CP(=O)(O)O)C(O)C1O. The molecule has 19 nitrogen and oxygen atoms in total. The number of aliphatic hydroxyl groups is 2. The van der Waals surface area contributed by atoms with E-state index in [9.17, 15) is 24.2 Å². The number of hydrogen-bond acceptors (Lipinski definition) is 15. The molecule has 0 spiro atoms. The number of imidazole rings is 1. The molecular weight excluding hydrogens is 656 g/mol. The first-order chi connectivity index (χ1) is 20.9. The zero-order chi connectivity index (χ0) is 32.2. The van der Waals surface area contributed by atoms with Gasteiger partial charge < -0.3 is 63.2 Å². The zero-order valence-electron chi connectivity index (χ0n) is 23.8. The summed E-state index contributed by atoms with van der Waals surface area (Å²) in [6, 6.07) is 0. The largest absolute Gasteiger partial charge is 0.387 e. The number of aromatic nitrogens is 4. The molecule has 3 heterocycles. The summed E-state index contributed by atoms with van der Waals surface area (Å²) in [5.74, 6) is -1.14. The van der Waals surface area contributed by atoms with Crippen LogP contribution in [-0.4, -0.2) is 148 Å². The predicted octanol–water partition coefficient (Wildman–Crippen LogP) is -0.439. The van der Waals surface area contributed by atoms with E-state index in [-0.39, 0.29) is 22.3 Å². The first kappa shape index (κ1) is 37.1. The van der Waals surface area contributed by atoms with Crippen LogP contribution in [0.1, 0.15) is 6.23 Å². The van der Waals surface area contributed by atoms with Crippen molar-refractivity contribution in [2.45, 2.75) is 24.5 Å². The average Bonchev–Trinajstić information content (AvgIpc) is 3.48. The summed E-state index contributed by atoms with van der Waals surface area (Å²) in [6.07, 6.45) is -4.43. The van der Waals surface area contributed by atoms with Crippen LogP contribution in [0.3, 0.4) is 0 Å². The highest BCUT2D eigenvalue weighted by atomic mass is 35.5. The van der Waals surface area contributed by atoms with Crippen molar-refractivity contribution in [2.75, 3.05) is 90.9 Å². The molecule has 44 heavy (non-hydrogen) atoms. The summed E-state index contributed by atoms with van der Waals surface area (Å²) in [5, 5.41) is 23.9. The van der Waals surface area contributed by atoms with E-state index in [0.29, 0.717) is 66.0 Å². The summed E-state index contributed by atoms with van der Waals surface area (Å²) in [4.78, 5) is 40.1. The number of aliphatic hydroxyl groups excluding tert-OH is 2. The van der Waals surface area contributed by atoms with E-state index < -0.39 is 52.2 Å². The molecule has 3 rings (SSSR count). The van der Waals surface area contributed by atoms with Gasteiger partial charge in [-0.1, -0.05) is 0 Å². The van der Waals surface area contributed by atoms with Crippen LogP contribution < -0.4 is 5.32 Å². The molecule has 6 N–H and O–H groups in total. The van der Waals surface area contributed by atoms with E-state index in [4.69, 9.17) is 54.3 Å². The van der Waals surface area contributed by atoms with Crippen LogP contribution in [0, 0.1) is 0 Å². The lowest BCUT2D eigenvalue weighted by molar-refractivity contribution is -0.0483. The van der Waals surface area contributed by atoms with Crippen LogP contribution in [0.5, 0.6) is 0 Å². The second-order valence-corrected chi connectivity index (χ2v) is 13.7. The van der Waals surface area contributed by atoms with Gasteiger partial charge in [-0.25, -0.2) is 4.98 Å². The minimum atomic E-state index is -4.85. The van der Waals surface area contributed by atoms with Crippen LogP contribution in [0.4, 0.5) is 5.82 Å². The fourth-order valence-electron chi connectivity index (χ4n) is 3.91. The van der Waals surface area contributed by atoms with E-state index in [0.717, 1.165) is 0 Å². The van der Waals surface area contributed by atoms with Gasteiger partial charge in [0.05, 0.1) is 72.4 Å². The molecule has 0 aromatic carbocycles. The van der Waals surface area contributed by atoms with Gasteiger partial charge in [0.15, 0.2) is 29.1 Å². The summed E-state index contributed by atoms with van der Waals surface area (Å²) in [6.45, 7) is 3.51. The number of ether oxygens (including phenoxy) is 6. The van der Waals surface area contributed by atoms with Crippen molar-refractivity contribution in [3.8, 4) is 0 Å². The molecule has 3 unspecified atom stereocenters. The fraction of sp³-hybridized carbons (Fsp3) is 0.773. The fourth-order valence-corrected chi connectivity index (χ4v) is 6.64. The van der Waals surface area contributed by atoms with Crippen LogP contribution in [-0.2, 0) is 42.1 Å². The summed E-state index contributed by atoms with van der Waals surface area (Å²) in [7, 11) is -7.95. The molecule has 1 aliphatic rings. The standard InChI is InChI=1S/C22H38ClN5O14P2/c1-36-4-5-38-8-9-40-11-10-39-7-6-37-3-2-24-19-16-20(27-22(23)26-19)28(13-25-16)21-18(30)17(29)15(42-21)12-41-44(34,35)14-43(31,32)33/h13,15,17-18,21,29-30H,2-12,14H2,1H3,(H,34,35)(H,24,26,27)(H2,31,32,33)/t15-,17?,18?,21-/m1/s1. The molecule has 1 saturated heterocycles. The van der Waals surface area contributed by atoms with Crippen LogP contribution in [0.15, 0.2) is 6.33 Å².